The van der Waals surface area contributed by atoms with Crippen LogP contribution < -0.4 is 10.2 Å². The van der Waals surface area contributed by atoms with Gasteiger partial charge in [-0.2, -0.15) is 0 Å². The molecule has 0 aliphatic rings. The predicted octanol–water partition coefficient (Wildman–Crippen LogP) is 1.44. The van der Waals surface area contributed by atoms with Crippen molar-refractivity contribution in [1.82, 2.24) is 4.98 Å². The van der Waals surface area contributed by atoms with Crippen LogP contribution >= 0.6 is 0 Å². The number of aromatic amines is 1. The first kappa shape index (κ1) is 13.0. The van der Waals surface area contributed by atoms with E-state index in [0.29, 0.717) is 6.20 Å². The summed E-state index contributed by atoms with van der Waals surface area (Å²) >= 11 is 0. The summed E-state index contributed by atoms with van der Waals surface area (Å²) in [6.45, 7) is -1.52. The normalized spacial score (nSPS) is 11.3. The first-order valence-electron chi connectivity index (χ1n) is 4.06. The number of ether oxygens (including phenoxy) is 1. The van der Waals surface area contributed by atoms with E-state index in [4.69, 9.17) is 5.11 Å². The lowest BCUT2D eigenvalue weighted by Gasteiger charge is -2.09. The number of carboxylic acid groups (broad SMARTS) is 1. The molecule has 5 nitrogen and oxygen atoms in total. The van der Waals surface area contributed by atoms with E-state index in [-0.39, 0.29) is 0 Å². The van der Waals surface area contributed by atoms with Crippen molar-refractivity contribution in [2.75, 3.05) is 0 Å². The second-order valence-electron chi connectivity index (χ2n) is 2.82. The minimum absolute atomic E-state index is 0.415. The van der Waals surface area contributed by atoms with Crippen LogP contribution in [-0.2, 0) is 6.67 Å². The third-order valence-corrected chi connectivity index (χ3v) is 1.72. The van der Waals surface area contributed by atoms with Gasteiger partial charge in [0.1, 0.15) is 12.4 Å². The molecule has 2 N–H and O–H groups in total. The molecule has 0 amide bonds. The van der Waals surface area contributed by atoms with Gasteiger partial charge >= 0.3 is 12.3 Å². The van der Waals surface area contributed by atoms with E-state index in [1.807, 2.05) is 4.98 Å². The number of aromatic carboxylic acids is 1. The molecule has 1 rings (SSSR count). The Morgan fingerprint density at radius 3 is 2.47 bits per heavy atom. The van der Waals surface area contributed by atoms with Gasteiger partial charge in [0.25, 0.3) is 0 Å². The summed E-state index contributed by atoms with van der Waals surface area (Å²) in [5.41, 5.74) is -3.20. The standard InChI is InChI=1S/C8H5F4NO4/c9-1-3-5(7(15)16)13-2-4(6(3)14)17-8(10,11)12/h2H,1H2,(H,13,14)(H,15,16). The van der Waals surface area contributed by atoms with Crippen LogP contribution in [0.1, 0.15) is 16.1 Å². The summed E-state index contributed by atoms with van der Waals surface area (Å²) in [6.07, 6.45) is -4.70. The van der Waals surface area contributed by atoms with Crippen LogP contribution in [0.3, 0.4) is 0 Å². The molecule has 1 aromatic rings. The van der Waals surface area contributed by atoms with Gasteiger partial charge in [-0.15, -0.1) is 13.2 Å². The summed E-state index contributed by atoms with van der Waals surface area (Å²) in [6, 6.07) is 0. The number of aromatic nitrogens is 1. The number of hydrogen-bond donors (Lipinski definition) is 2. The quantitative estimate of drug-likeness (QED) is 0.801. The van der Waals surface area contributed by atoms with Crippen LogP contribution in [0.25, 0.3) is 0 Å². The number of pyridine rings is 1. The van der Waals surface area contributed by atoms with Crippen molar-refractivity contribution in [1.29, 1.82) is 0 Å². The molecule has 0 aromatic carbocycles. The fourth-order valence-electron chi connectivity index (χ4n) is 1.07. The number of carbonyl (C=O) groups is 1. The number of halogens is 4. The molecule has 0 aliphatic heterocycles. The van der Waals surface area contributed by atoms with Gasteiger partial charge in [-0.05, 0) is 0 Å². The fraction of sp³-hybridized carbons (Fsp3) is 0.250. The molecule has 1 aromatic heterocycles. The average molecular weight is 255 g/mol. The number of carboxylic acids is 1. The van der Waals surface area contributed by atoms with E-state index in [0.717, 1.165) is 0 Å². The zero-order valence-corrected chi connectivity index (χ0v) is 7.97. The molecule has 0 fully saturated rings. The molecule has 0 saturated carbocycles. The maximum absolute atomic E-state index is 12.4. The van der Waals surface area contributed by atoms with Crippen molar-refractivity contribution >= 4 is 5.97 Å². The Bertz CT molecular complexity index is 493. The third-order valence-electron chi connectivity index (χ3n) is 1.72. The van der Waals surface area contributed by atoms with Crippen LogP contribution in [0.2, 0.25) is 0 Å². The van der Waals surface area contributed by atoms with E-state index < -0.39 is 41.4 Å². The summed E-state index contributed by atoms with van der Waals surface area (Å²) in [5.74, 6) is -2.87. The molecule has 0 atom stereocenters. The van der Waals surface area contributed by atoms with Crippen molar-refractivity contribution in [3.05, 3.63) is 27.7 Å². The summed E-state index contributed by atoms with van der Waals surface area (Å²) in [4.78, 5) is 23.6. The minimum Gasteiger partial charge on any atom is -0.477 e. The van der Waals surface area contributed by atoms with E-state index in [1.54, 1.807) is 0 Å². The molecule has 94 valence electrons. The molecule has 17 heavy (non-hydrogen) atoms. The molecule has 9 heteroatoms. The molecule has 1 heterocycles. The zero-order valence-electron chi connectivity index (χ0n) is 7.97. The SMILES string of the molecule is O=C(O)c1[nH]cc(OC(F)(F)F)c(=O)c1CF. The van der Waals surface area contributed by atoms with Crippen molar-refractivity contribution < 1.29 is 32.2 Å². The highest BCUT2D eigenvalue weighted by Gasteiger charge is 2.33. The lowest BCUT2D eigenvalue weighted by Crippen LogP contribution is -2.25. The van der Waals surface area contributed by atoms with Crippen LogP contribution in [0, 0.1) is 0 Å². The summed E-state index contributed by atoms with van der Waals surface area (Å²) in [5, 5.41) is 8.54. The Labute approximate surface area is 90.6 Å². The molecule has 0 spiro atoms. The van der Waals surface area contributed by atoms with E-state index in [1.165, 1.54) is 0 Å². The maximum atomic E-state index is 12.4. The lowest BCUT2D eigenvalue weighted by atomic mass is 10.2. The highest BCUT2D eigenvalue weighted by molar-refractivity contribution is 5.87. The van der Waals surface area contributed by atoms with Crippen LogP contribution in [-0.4, -0.2) is 22.4 Å². The first-order valence-corrected chi connectivity index (χ1v) is 4.06. The first-order chi connectivity index (χ1) is 7.76. The second kappa shape index (κ2) is 4.44. The maximum Gasteiger partial charge on any atom is 0.573 e. The fourth-order valence-corrected chi connectivity index (χ4v) is 1.07. The number of rotatable bonds is 3. The van der Waals surface area contributed by atoms with Gasteiger partial charge in [0.2, 0.25) is 5.43 Å². The van der Waals surface area contributed by atoms with Gasteiger partial charge < -0.3 is 14.8 Å². The highest BCUT2D eigenvalue weighted by Crippen LogP contribution is 2.20. The molecule has 0 unspecified atom stereocenters. The average Bonchev–Trinajstić information content (AvgIpc) is 2.18. The van der Waals surface area contributed by atoms with Gasteiger partial charge in [0, 0.05) is 6.20 Å². The largest absolute Gasteiger partial charge is 0.573 e. The van der Waals surface area contributed by atoms with E-state index in [9.17, 15) is 27.2 Å². The van der Waals surface area contributed by atoms with Gasteiger partial charge in [0.05, 0.1) is 5.56 Å². The number of alkyl halides is 4. The molecular weight excluding hydrogens is 250 g/mol. The van der Waals surface area contributed by atoms with Crippen LogP contribution in [0.15, 0.2) is 11.0 Å². The molecule has 0 saturated heterocycles. The smallest absolute Gasteiger partial charge is 0.477 e. The van der Waals surface area contributed by atoms with Gasteiger partial charge in [-0.1, -0.05) is 0 Å². The van der Waals surface area contributed by atoms with Crippen LogP contribution in [0.5, 0.6) is 5.75 Å². The monoisotopic (exact) mass is 255 g/mol. The highest BCUT2D eigenvalue weighted by atomic mass is 19.4. The second-order valence-corrected chi connectivity index (χ2v) is 2.82. The predicted molar refractivity (Wildman–Crippen MR) is 45.5 cm³/mol. The van der Waals surface area contributed by atoms with Gasteiger partial charge in [-0.25, -0.2) is 9.18 Å². The topological polar surface area (TPSA) is 79.4 Å². The summed E-state index contributed by atoms with van der Waals surface area (Å²) in [7, 11) is 0. The lowest BCUT2D eigenvalue weighted by molar-refractivity contribution is -0.275. The number of nitrogens with one attached hydrogen (secondary N) is 1. The van der Waals surface area contributed by atoms with Crippen molar-refractivity contribution in [3.63, 3.8) is 0 Å². The molecule has 0 aliphatic carbocycles. The Balaban J connectivity index is 3.31. The van der Waals surface area contributed by atoms with Crippen molar-refractivity contribution in [2.24, 2.45) is 0 Å². The Morgan fingerprint density at radius 1 is 1.47 bits per heavy atom. The van der Waals surface area contributed by atoms with E-state index >= 15 is 0 Å². The van der Waals surface area contributed by atoms with Gasteiger partial charge in [-0.3, -0.25) is 4.79 Å². The van der Waals surface area contributed by atoms with Crippen LogP contribution in [0.4, 0.5) is 17.6 Å². The summed E-state index contributed by atoms with van der Waals surface area (Å²) < 4.78 is 51.2. The van der Waals surface area contributed by atoms with Gasteiger partial charge in [0.15, 0.2) is 5.75 Å². The number of hydrogen-bond acceptors (Lipinski definition) is 3. The molecular formula is C8H5F4NO4. The van der Waals surface area contributed by atoms with Crippen molar-refractivity contribution in [3.8, 4) is 5.75 Å². The Hall–Kier alpha value is -2.06. The van der Waals surface area contributed by atoms with E-state index in [2.05, 4.69) is 4.74 Å². The Kier molecular flexibility index (Phi) is 3.39. The third kappa shape index (κ3) is 2.95. The minimum atomic E-state index is -5.12. The van der Waals surface area contributed by atoms with Crippen molar-refractivity contribution in [2.45, 2.75) is 13.0 Å². The number of H-pyrrole nitrogens is 1. The Morgan fingerprint density at radius 2 is 2.06 bits per heavy atom. The molecule has 0 bridgehead atoms. The molecule has 0 radical (unpaired) electrons. The zero-order chi connectivity index (χ0) is 13.2.